The molecule has 1 aliphatic rings. The van der Waals surface area contributed by atoms with E-state index < -0.39 is 10.0 Å². The van der Waals surface area contributed by atoms with Crippen LogP contribution in [0.15, 0.2) is 34.7 Å². The average molecular weight is 387 g/mol. The van der Waals surface area contributed by atoms with Crippen LogP contribution in [0.3, 0.4) is 0 Å². The van der Waals surface area contributed by atoms with Gasteiger partial charge < -0.3 is 4.74 Å². The summed E-state index contributed by atoms with van der Waals surface area (Å²) in [6, 6.07) is 6.90. The minimum atomic E-state index is -3.49. The minimum absolute atomic E-state index is 0.0679. The molecule has 1 N–H and O–H groups in total. The van der Waals surface area contributed by atoms with Gasteiger partial charge in [-0.2, -0.15) is 0 Å². The molecule has 1 fully saturated rings. The molecule has 5 nitrogen and oxygen atoms in total. The molecular weight excluding hydrogens is 368 g/mol. The van der Waals surface area contributed by atoms with Gasteiger partial charge in [0.1, 0.15) is 10.3 Å². The molecule has 0 unspecified atom stereocenters. The number of halogens is 1. The van der Waals surface area contributed by atoms with Crippen LogP contribution in [0.5, 0.6) is 5.88 Å². The summed E-state index contributed by atoms with van der Waals surface area (Å²) in [6.45, 7) is 1.98. The van der Waals surface area contributed by atoms with Gasteiger partial charge in [0.05, 0.1) is 4.34 Å². The van der Waals surface area contributed by atoms with Crippen molar-refractivity contribution in [3.63, 3.8) is 0 Å². The van der Waals surface area contributed by atoms with E-state index in [1.807, 2.05) is 19.1 Å². The first-order valence-electron chi connectivity index (χ1n) is 7.79. The van der Waals surface area contributed by atoms with Crippen LogP contribution < -0.4 is 9.46 Å². The first-order valence-corrected chi connectivity index (χ1v) is 10.5. The second-order valence-corrected chi connectivity index (χ2v) is 9.60. The highest BCUT2D eigenvalue weighted by atomic mass is 35.5. The van der Waals surface area contributed by atoms with E-state index in [1.165, 1.54) is 6.07 Å². The molecule has 1 saturated carbocycles. The van der Waals surface area contributed by atoms with Crippen LogP contribution in [0.1, 0.15) is 31.2 Å². The van der Waals surface area contributed by atoms with E-state index in [0.717, 1.165) is 42.6 Å². The predicted octanol–water partition coefficient (Wildman–Crippen LogP) is 3.77. The standard InChI is InChI=1S/C16H19ClN2O3S2/c1-11-2-8-15(18-10-11)22-13-5-3-12(4-6-13)19-24(20,21)16-9-7-14(17)23-16/h2,7-10,12-13,19H,3-6H2,1H3. The number of ether oxygens (including phenoxy) is 1. The van der Waals surface area contributed by atoms with E-state index >= 15 is 0 Å². The van der Waals surface area contributed by atoms with Gasteiger partial charge in [-0.3, -0.25) is 0 Å². The Morgan fingerprint density at radius 1 is 1.21 bits per heavy atom. The van der Waals surface area contributed by atoms with Crippen molar-refractivity contribution in [3.8, 4) is 5.88 Å². The second-order valence-electron chi connectivity index (χ2n) is 5.95. The maximum absolute atomic E-state index is 12.3. The van der Waals surface area contributed by atoms with Crippen molar-refractivity contribution in [3.05, 3.63) is 40.4 Å². The van der Waals surface area contributed by atoms with E-state index in [-0.39, 0.29) is 16.4 Å². The maximum Gasteiger partial charge on any atom is 0.250 e. The van der Waals surface area contributed by atoms with Gasteiger partial charge in [-0.15, -0.1) is 11.3 Å². The Labute approximate surface area is 151 Å². The molecule has 0 amide bonds. The molecule has 0 aliphatic heterocycles. The number of aromatic nitrogens is 1. The summed E-state index contributed by atoms with van der Waals surface area (Å²) in [4.78, 5) is 4.25. The molecule has 2 heterocycles. The normalized spacial score (nSPS) is 21.6. The third-order valence-electron chi connectivity index (χ3n) is 3.98. The quantitative estimate of drug-likeness (QED) is 0.849. The zero-order valence-corrected chi connectivity index (χ0v) is 15.6. The predicted molar refractivity (Wildman–Crippen MR) is 95.3 cm³/mol. The van der Waals surface area contributed by atoms with Crippen LogP contribution in [0.2, 0.25) is 4.34 Å². The summed E-state index contributed by atoms with van der Waals surface area (Å²) in [7, 11) is -3.49. The van der Waals surface area contributed by atoms with Crippen LogP contribution in [0, 0.1) is 6.92 Å². The number of hydrogen-bond donors (Lipinski definition) is 1. The Morgan fingerprint density at radius 3 is 2.54 bits per heavy atom. The van der Waals surface area contributed by atoms with Gasteiger partial charge in [-0.05, 0) is 50.3 Å². The fourth-order valence-corrected chi connectivity index (χ4v) is 5.52. The molecule has 0 radical (unpaired) electrons. The topological polar surface area (TPSA) is 68.3 Å². The summed E-state index contributed by atoms with van der Waals surface area (Å²) in [5, 5.41) is 0. The number of hydrogen-bond acceptors (Lipinski definition) is 5. The third-order valence-corrected chi connectivity index (χ3v) is 7.22. The van der Waals surface area contributed by atoms with Gasteiger partial charge in [0.2, 0.25) is 15.9 Å². The lowest BCUT2D eigenvalue weighted by molar-refractivity contribution is 0.138. The minimum Gasteiger partial charge on any atom is -0.474 e. The largest absolute Gasteiger partial charge is 0.474 e. The van der Waals surface area contributed by atoms with Gasteiger partial charge >= 0.3 is 0 Å². The molecule has 24 heavy (non-hydrogen) atoms. The fraction of sp³-hybridized carbons (Fsp3) is 0.438. The Kier molecular flexibility index (Phi) is 5.44. The number of aryl methyl sites for hydroxylation is 1. The van der Waals surface area contributed by atoms with Crippen LogP contribution in [-0.4, -0.2) is 25.5 Å². The molecule has 1 aliphatic carbocycles. The Morgan fingerprint density at radius 2 is 1.96 bits per heavy atom. The van der Waals surface area contributed by atoms with Crippen molar-refractivity contribution in [1.82, 2.24) is 9.71 Å². The Bertz CT molecular complexity index is 782. The molecule has 130 valence electrons. The zero-order chi connectivity index (χ0) is 17.2. The first kappa shape index (κ1) is 17.7. The van der Waals surface area contributed by atoms with Crippen molar-refractivity contribution in [1.29, 1.82) is 0 Å². The van der Waals surface area contributed by atoms with Gasteiger partial charge in [-0.25, -0.2) is 18.1 Å². The SMILES string of the molecule is Cc1ccc(OC2CCC(NS(=O)(=O)c3ccc(Cl)s3)CC2)nc1. The van der Waals surface area contributed by atoms with Gasteiger partial charge in [0.15, 0.2) is 0 Å². The molecule has 0 aromatic carbocycles. The summed E-state index contributed by atoms with van der Waals surface area (Å²) in [5.41, 5.74) is 1.09. The van der Waals surface area contributed by atoms with Gasteiger partial charge in [0.25, 0.3) is 0 Å². The van der Waals surface area contributed by atoms with E-state index in [0.29, 0.717) is 10.2 Å². The summed E-state index contributed by atoms with van der Waals surface area (Å²) in [5.74, 6) is 0.623. The van der Waals surface area contributed by atoms with Crippen molar-refractivity contribution in [2.24, 2.45) is 0 Å². The molecule has 0 atom stereocenters. The number of nitrogens with zero attached hydrogens (tertiary/aromatic N) is 1. The molecule has 2 aromatic rings. The highest BCUT2D eigenvalue weighted by molar-refractivity contribution is 7.91. The first-order chi connectivity index (χ1) is 11.4. The Balaban J connectivity index is 1.52. The monoisotopic (exact) mass is 386 g/mol. The molecule has 8 heteroatoms. The van der Waals surface area contributed by atoms with Crippen molar-refractivity contribution in [2.75, 3.05) is 0 Å². The highest BCUT2D eigenvalue weighted by Gasteiger charge is 2.27. The Hall–Kier alpha value is -1.15. The van der Waals surface area contributed by atoms with Crippen molar-refractivity contribution in [2.45, 2.75) is 49.0 Å². The van der Waals surface area contributed by atoms with Crippen LogP contribution in [0.4, 0.5) is 0 Å². The van der Waals surface area contributed by atoms with E-state index in [4.69, 9.17) is 16.3 Å². The smallest absolute Gasteiger partial charge is 0.250 e. The average Bonchev–Trinajstić information content (AvgIpc) is 2.99. The lowest BCUT2D eigenvalue weighted by Crippen LogP contribution is -2.39. The molecule has 0 spiro atoms. The second kappa shape index (κ2) is 7.39. The summed E-state index contributed by atoms with van der Waals surface area (Å²) >= 11 is 6.89. The molecule has 0 bridgehead atoms. The number of thiophene rings is 1. The van der Waals surface area contributed by atoms with E-state index in [2.05, 4.69) is 9.71 Å². The molecule has 2 aromatic heterocycles. The van der Waals surface area contributed by atoms with Crippen LogP contribution in [0.25, 0.3) is 0 Å². The summed E-state index contributed by atoms with van der Waals surface area (Å²) < 4.78 is 34.0. The lowest BCUT2D eigenvalue weighted by atomic mass is 9.94. The fourth-order valence-electron chi connectivity index (χ4n) is 2.71. The van der Waals surface area contributed by atoms with E-state index in [9.17, 15) is 8.42 Å². The van der Waals surface area contributed by atoms with Gasteiger partial charge in [0, 0.05) is 18.3 Å². The zero-order valence-electron chi connectivity index (χ0n) is 13.2. The van der Waals surface area contributed by atoms with Crippen LogP contribution in [-0.2, 0) is 10.0 Å². The number of sulfonamides is 1. The van der Waals surface area contributed by atoms with Crippen molar-refractivity contribution >= 4 is 33.0 Å². The maximum atomic E-state index is 12.3. The molecule has 0 saturated heterocycles. The van der Waals surface area contributed by atoms with Gasteiger partial charge in [-0.1, -0.05) is 17.7 Å². The number of rotatable bonds is 5. The molecule has 3 rings (SSSR count). The lowest BCUT2D eigenvalue weighted by Gasteiger charge is -2.28. The highest BCUT2D eigenvalue weighted by Crippen LogP contribution is 2.28. The summed E-state index contributed by atoms with van der Waals surface area (Å²) in [6.07, 6.45) is 4.95. The molecular formula is C16H19ClN2O3S2. The van der Waals surface area contributed by atoms with Crippen molar-refractivity contribution < 1.29 is 13.2 Å². The van der Waals surface area contributed by atoms with Crippen LogP contribution >= 0.6 is 22.9 Å². The third kappa shape index (κ3) is 4.47. The number of pyridine rings is 1. The number of nitrogens with one attached hydrogen (secondary N) is 1. The van der Waals surface area contributed by atoms with E-state index in [1.54, 1.807) is 12.3 Å².